The van der Waals surface area contributed by atoms with E-state index in [0.29, 0.717) is 41.9 Å². The fourth-order valence-electron chi connectivity index (χ4n) is 4.32. The first-order valence-electron chi connectivity index (χ1n) is 10.9. The third-order valence-corrected chi connectivity index (χ3v) is 8.85. The van der Waals surface area contributed by atoms with Gasteiger partial charge in [0, 0.05) is 26.2 Å². The molecule has 1 fully saturated rings. The molecule has 2 aromatic carbocycles. The highest BCUT2D eigenvalue weighted by atomic mass is 32.2. The molecule has 1 saturated heterocycles. The smallest absolute Gasteiger partial charge is 0.257 e. The number of para-hydroxylation sites is 2. The number of hydrogen-bond donors (Lipinski definition) is 0. The van der Waals surface area contributed by atoms with Crippen LogP contribution in [0.2, 0.25) is 0 Å². The van der Waals surface area contributed by atoms with Gasteiger partial charge in [0.2, 0.25) is 15.9 Å². The first-order chi connectivity index (χ1) is 15.5. The zero-order valence-electron chi connectivity index (χ0n) is 17.7. The molecule has 5 rings (SSSR count). The van der Waals surface area contributed by atoms with Crippen molar-refractivity contribution in [2.45, 2.75) is 35.8 Å². The molecule has 7 nitrogen and oxygen atoms in total. The van der Waals surface area contributed by atoms with Gasteiger partial charge in [-0.2, -0.15) is 4.31 Å². The number of benzene rings is 2. The molecule has 1 amide bonds. The molecule has 0 spiro atoms. The van der Waals surface area contributed by atoms with E-state index < -0.39 is 10.0 Å². The van der Waals surface area contributed by atoms with Crippen molar-refractivity contribution in [3.05, 3.63) is 53.6 Å². The molecule has 0 unspecified atom stereocenters. The number of aromatic nitrogens is 1. The number of aryl methyl sites for hydroxylation is 2. The van der Waals surface area contributed by atoms with E-state index in [9.17, 15) is 13.2 Å². The monoisotopic (exact) mass is 471 g/mol. The van der Waals surface area contributed by atoms with E-state index in [-0.39, 0.29) is 11.7 Å². The number of thioether (sulfide) groups is 1. The average Bonchev–Trinajstić information content (AvgIpc) is 3.25. The summed E-state index contributed by atoms with van der Waals surface area (Å²) in [6.45, 7) is 1.38. The van der Waals surface area contributed by atoms with Gasteiger partial charge in [0.25, 0.3) is 5.22 Å². The summed E-state index contributed by atoms with van der Waals surface area (Å²) in [5.41, 5.74) is 3.89. The summed E-state index contributed by atoms with van der Waals surface area (Å²) in [6, 6.07) is 13.0. The van der Waals surface area contributed by atoms with Crippen molar-refractivity contribution in [2.75, 3.05) is 31.9 Å². The van der Waals surface area contributed by atoms with Gasteiger partial charge in [-0.25, -0.2) is 13.4 Å². The van der Waals surface area contributed by atoms with Gasteiger partial charge in [-0.05, 0) is 61.1 Å². The highest BCUT2D eigenvalue weighted by Crippen LogP contribution is 2.27. The van der Waals surface area contributed by atoms with Crippen LogP contribution >= 0.6 is 11.8 Å². The second-order valence-corrected chi connectivity index (χ2v) is 11.0. The summed E-state index contributed by atoms with van der Waals surface area (Å²) in [5, 5.41) is 0.466. The molecule has 3 aromatic rings. The van der Waals surface area contributed by atoms with Crippen LogP contribution in [0.1, 0.15) is 24.0 Å². The molecule has 32 heavy (non-hydrogen) atoms. The molecular formula is C23H25N3O4S2. The van der Waals surface area contributed by atoms with Crippen molar-refractivity contribution < 1.29 is 17.6 Å². The van der Waals surface area contributed by atoms with E-state index in [1.54, 1.807) is 11.0 Å². The highest BCUT2D eigenvalue weighted by Gasteiger charge is 2.30. The minimum absolute atomic E-state index is 0.0388. The lowest BCUT2D eigenvalue weighted by molar-refractivity contribution is -0.129. The maximum Gasteiger partial charge on any atom is 0.257 e. The Morgan fingerprint density at radius 3 is 2.53 bits per heavy atom. The Kier molecular flexibility index (Phi) is 5.96. The van der Waals surface area contributed by atoms with Crippen LogP contribution in [0.4, 0.5) is 0 Å². The van der Waals surface area contributed by atoms with Crippen molar-refractivity contribution in [1.29, 1.82) is 0 Å². The molecule has 2 aliphatic rings. The molecule has 0 radical (unpaired) electrons. The zero-order valence-corrected chi connectivity index (χ0v) is 19.3. The number of fused-ring (bicyclic) bond motifs is 2. The SMILES string of the molecule is O=C(CSc1nc2ccccc2o1)N1CCN(S(=O)(=O)c2ccc3c(c2)CCCC3)CC1. The lowest BCUT2D eigenvalue weighted by Crippen LogP contribution is -2.51. The summed E-state index contributed by atoms with van der Waals surface area (Å²) < 4.78 is 33.4. The van der Waals surface area contributed by atoms with Crippen LogP contribution in [-0.4, -0.2) is 60.4 Å². The maximum atomic E-state index is 13.1. The van der Waals surface area contributed by atoms with Gasteiger partial charge < -0.3 is 9.32 Å². The molecule has 168 valence electrons. The van der Waals surface area contributed by atoms with Gasteiger partial charge >= 0.3 is 0 Å². The van der Waals surface area contributed by atoms with Crippen molar-refractivity contribution in [1.82, 2.24) is 14.2 Å². The van der Waals surface area contributed by atoms with Crippen molar-refractivity contribution in [3.8, 4) is 0 Å². The largest absolute Gasteiger partial charge is 0.431 e. The number of piperazine rings is 1. The third-order valence-electron chi connectivity index (χ3n) is 6.14. The molecule has 2 heterocycles. The van der Waals surface area contributed by atoms with Crippen LogP contribution in [0.25, 0.3) is 11.1 Å². The van der Waals surface area contributed by atoms with Crippen molar-refractivity contribution >= 4 is 38.8 Å². The van der Waals surface area contributed by atoms with E-state index in [0.717, 1.165) is 30.3 Å². The second-order valence-electron chi connectivity index (χ2n) is 8.16. The zero-order chi connectivity index (χ0) is 22.1. The van der Waals surface area contributed by atoms with Crippen molar-refractivity contribution in [3.63, 3.8) is 0 Å². The van der Waals surface area contributed by atoms with Gasteiger partial charge in [0.05, 0.1) is 10.6 Å². The fourth-order valence-corrected chi connectivity index (χ4v) is 6.54. The van der Waals surface area contributed by atoms with E-state index in [1.165, 1.54) is 28.1 Å². The number of nitrogens with zero attached hydrogens (tertiary/aromatic N) is 3. The summed E-state index contributed by atoms with van der Waals surface area (Å²) in [4.78, 5) is 19.1. The fraction of sp³-hybridized carbons (Fsp3) is 0.391. The molecule has 1 aromatic heterocycles. The average molecular weight is 472 g/mol. The van der Waals surface area contributed by atoms with Crippen LogP contribution in [-0.2, 0) is 27.7 Å². The lowest BCUT2D eigenvalue weighted by atomic mass is 9.92. The van der Waals surface area contributed by atoms with Gasteiger partial charge in [-0.15, -0.1) is 0 Å². The predicted octanol–water partition coefficient (Wildman–Crippen LogP) is 3.33. The number of hydrogen-bond acceptors (Lipinski definition) is 6. The van der Waals surface area contributed by atoms with Crippen molar-refractivity contribution in [2.24, 2.45) is 0 Å². The van der Waals surface area contributed by atoms with Gasteiger partial charge in [-0.3, -0.25) is 4.79 Å². The maximum absolute atomic E-state index is 13.1. The number of carbonyl (C=O) groups excluding carboxylic acids is 1. The van der Waals surface area contributed by atoms with Crippen LogP contribution in [0.5, 0.6) is 0 Å². The van der Waals surface area contributed by atoms with Crippen LogP contribution in [0, 0.1) is 0 Å². The number of sulfonamides is 1. The number of oxazole rings is 1. The first-order valence-corrected chi connectivity index (χ1v) is 13.3. The predicted molar refractivity (Wildman–Crippen MR) is 123 cm³/mol. The number of carbonyl (C=O) groups is 1. The topological polar surface area (TPSA) is 83.7 Å². The van der Waals surface area contributed by atoms with E-state index in [4.69, 9.17) is 4.42 Å². The summed E-state index contributed by atoms with van der Waals surface area (Å²) in [6.07, 6.45) is 4.25. The van der Waals surface area contributed by atoms with Crippen LogP contribution in [0.15, 0.2) is 57.0 Å². The molecule has 1 aliphatic heterocycles. The molecule has 0 N–H and O–H groups in total. The number of amides is 1. The minimum atomic E-state index is -3.55. The summed E-state index contributed by atoms with van der Waals surface area (Å²) >= 11 is 1.26. The summed E-state index contributed by atoms with van der Waals surface area (Å²) in [7, 11) is -3.55. The van der Waals surface area contributed by atoms with Gasteiger partial charge in [0.15, 0.2) is 5.58 Å². The molecular weight excluding hydrogens is 446 g/mol. The second kappa shape index (κ2) is 8.88. The Bertz CT molecular complexity index is 1210. The molecule has 0 atom stereocenters. The van der Waals surface area contributed by atoms with Gasteiger partial charge in [-0.1, -0.05) is 30.0 Å². The van der Waals surface area contributed by atoms with Crippen LogP contribution < -0.4 is 0 Å². The lowest BCUT2D eigenvalue weighted by Gasteiger charge is -2.34. The Balaban J connectivity index is 1.18. The number of rotatable bonds is 5. The first kappa shape index (κ1) is 21.5. The normalized spacial score (nSPS) is 17.4. The Hall–Kier alpha value is -2.36. The Labute approximate surface area is 191 Å². The molecule has 9 heteroatoms. The minimum Gasteiger partial charge on any atom is -0.431 e. The molecule has 0 bridgehead atoms. The summed E-state index contributed by atoms with van der Waals surface area (Å²) in [5.74, 6) is 0.174. The van der Waals surface area contributed by atoms with Gasteiger partial charge in [0.1, 0.15) is 5.52 Å². The molecule has 1 aliphatic carbocycles. The quantitative estimate of drug-likeness (QED) is 0.531. The van der Waals surface area contributed by atoms with Crippen LogP contribution in [0.3, 0.4) is 0 Å². The Morgan fingerprint density at radius 1 is 1.00 bits per heavy atom. The third kappa shape index (κ3) is 4.29. The van der Waals surface area contributed by atoms with E-state index in [1.807, 2.05) is 36.4 Å². The Morgan fingerprint density at radius 2 is 1.75 bits per heavy atom. The highest BCUT2D eigenvalue weighted by molar-refractivity contribution is 7.99. The molecule has 0 saturated carbocycles. The van der Waals surface area contributed by atoms with E-state index in [2.05, 4.69) is 4.98 Å². The standard InChI is InChI=1S/C23H25N3O4S2/c27-22(16-31-23-24-20-7-3-4-8-21(20)30-23)25-11-13-26(14-12-25)32(28,29)19-10-9-17-5-1-2-6-18(17)15-19/h3-4,7-10,15H,1-2,5-6,11-14,16H2. The van der Waals surface area contributed by atoms with E-state index >= 15 is 0 Å².